The number of fused-ring (bicyclic) bond motifs is 3. The van der Waals surface area contributed by atoms with Crippen LogP contribution in [0.3, 0.4) is 0 Å². The molecule has 0 saturated carbocycles. The third kappa shape index (κ3) is 2.45. The first-order valence-corrected chi connectivity index (χ1v) is 9.29. The highest BCUT2D eigenvalue weighted by molar-refractivity contribution is 7.15. The molecule has 2 aromatic heterocycles. The van der Waals surface area contributed by atoms with Gasteiger partial charge in [0.25, 0.3) is 0 Å². The summed E-state index contributed by atoms with van der Waals surface area (Å²) in [4.78, 5) is 2.70. The number of benzene rings is 2. The molecule has 2 nitrogen and oxygen atoms in total. The fourth-order valence-electron chi connectivity index (χ4n) is 3.54. The number of thiophene rings is 1. The Hall–Kier alpha value is -2.10. The Labute approximate surface area is 146 Å². The van der Waals surface area contributed by atoms with Crippen molar-refractivity contribution in [2.45, 2.75) is 26.9 Å². The molecule has 0 aliphatic heterocycles. The first-order chi connectivity index (χ1) is 11.7. The van der Waals surface area contributed by atoms with Gasteiger partial charge in [-0.1, -0.05) is 18.2 Å². The topological polar surface area (TPSA) is 17.0 Å². The molecule has 0 spiro atoms. The largest absolute Gasteiger partial charge is 0.341 e. The molecule has 0 amide bonds. The molecule has 0 fully saturated rings. The summed E-state index contributed by atoms with van der Waals surface area (Å²) >= 11 is 1.86. The number of nitrogens with zero attached hydrogens (tertiary/aromatic N) is 1. The Balaban J connectivity index is 1.97. The Morgan fingerprint density at radius 3 is 2.54 bits per heavy atom. The van der Waals surface area contributed by atoms with E-state index in [0.717, 1.165) is 13.1 Å². The van der Waals surface area contributed by atoms with Gasteiger partial charge in [-0.05, 0) is 62.4 Å². The molecule has 122 valence electrons. The summed E-state index contributed by atoms with van der Waals surface area (Å²) < 4.78 is 2.43. The van der Waals surface area contributed by atoms with E-state index in [2.05, 4.69) is 72.3 Å². The number of hydrogen-bond donors (Lipinski definition) is 1. The third-order valence-corrected chi connectivity index (χ3v) is 5.70. The molecule has 0 bridgehead atoms. The predicted molar refractivity (Wildman–Crippen MR) is 106 cm³/mol. The van der Waals surface area contributed by atoms with Gasteiger partial charge in [0.05, 0.1) is 0 Å². The Morgan fingerprint density at radius 1 is 0.958 bits per heavy atom. The lowest BCUT2D eigenvalue weighted by Crippen LogP contribution is -2.04. The molecule has 24 heavy (non-hydrogen) atoms. The van der Waals surface area contributed by atoms with Crippen LogP contribution < -0.4 is 5.32 Å². The molecule has 4 aromatic rings. The van der Waals surface area contributed by atoms with E-state index >= 15 is 0 Å². The predicted octanol–water partition coefficient (Wildman–Crippen LogP) is 5.57. The lowest BCUT2D eigenvalue weighted by Gasteiger charge is -2.05. The van der Waals surface area contributed by atoms with Crippen molar-refractivity contribution in [3.05, 3.63) is 59.0 Å². The van der Waals surface area contributed by atoms with E-state index in [0.29, 0.717) is 0 Å². The van der Waals surface area contributed by atoms with Gasteiger partial charge < -0.3 is 9.88 Å². The summed E-state index contributed by atoms with van der Waals surface area (Å²) in [5, 5.41) is 5.95. The van der Waals surface area contributed by atoms with Gasteiger partial charge in [-0.15, -0.1) is 11.3 Å². The summed E-state index contributed by atoms with van der Waals surface area (Å²) in [6, 6.07) is 18.1. The van der Waals surface area contributed by atoms with Gasteiger partial charge in [0.2, 0.25) is 0 Å². The quantitative estimate of drug-likeness (QED) is 0.516. The average Bonchev–Trinajstić information content (AvgIpc) is 3.15. The molecule has 0 unspecified atom stereocenters. The van der Waals surface area contributed by atoms with Gasteiger partial charge in [0.1, 0.15) is 0 Å². The molecule has 0 aliphatic carbocycles. The number of nitrogens with one attached hydrogen (secondary N) is 1. The maximum atomic E-state index is 3.25. The molecule has 0 atom stereocenters. The molecule has 0 saturated heterocycles. The summed E-state index contributed by atoms with van der Waals surface area (Å²) in [6.45, 7) is 6.28. The van der Waals surface area contributed by atoms with E-state index in [1.165, 1.54) is 42.7 Å². The molecule has 2 heterocycles. The fraction of sp³-hybridized carbons (Fsp3) is 0.238. The second-order valence-corrected chi connectivity index (χ2v) is 7.56. The number of aromatic nitrogens is 1. The van der Waals surface area contributed by atoms with Crippen molar-refractivity contribution >= 4 is 33.1 Å². The van der Waals surface area contributed by atoms with Crippen LogP contribution in [0.2, 0.25) is 0 Å². The van der Waals surface area contributed by atoms with Gasteiger partial charge in [0, 0.05) is 44.6 Å². The van der Waals surface area contributed by atoms with E-state index in [1.54, 1.807) is 0 Å². The van der Waals surface area contributed by atoms with Crippen LogP contribution in [0.25, 0.3) is 32.2 Å². The van der Waals surface area contributed by atoms with E-state index in [1.807, 2.05) is 18.4 Å². The molecule has 3 heteroatoms. The molecular weight excluding hydrogens is 312 g/mol. The maximum absolute atomic E-state index is 3.25. The first kappa shape index (κ1) is 15.4. The lowest BCUT2D eigenvalue weighted by atomic mass is 10.1. The smallest absolute Gasteiger partial charge is 0.0497 e. The minimum atomic E-state index is 0.904. The normalized spacial score (nSPS) is 11.6. The van der Waals surface area contributed by atoms with Crippen molar-refractivity contribution in [3.63, 3.8) is 0 Å². The molecule has 0 aliphatic rings. The zero-order valence-electron chi connectivity index (χ0n) is 14.4. The van der Waals surface area contributed by atoms with Crippen molar-refractivity contribution in [2.75, 3.05) is 7.05 Å². The van der Waals surface area contributed by atoms with E-state index in [-0.39, 0.29) is 0 Å². The fourth-order valence-corrected chi connectivity index (χ4v) is 4.41. The standard InChI is InChI=1S/C21H22N2S/c1-4-23-19-9-6-15(13-22-3)11-18(19)17-8-7-16(12-20(17)23)21-10-5-14(2)24-21/h5-12,22H,4,13H2,1-3H3. The van der Waals surface area contributed by atoms with Gasteiger partial charge >= 0.3 is 0 Å². The zero-order chi connectivity index (χ0) is 16.7. The summed E-state index contributed by atoms with van der Waals surface area (Å²) in [7, 11) is 1.99. The minimum absolute atomic E-state index is 0.904. The van der Waals surface area contributed by atoms with Crippen LogP contribution in [-0.2, 0) is 13.1 Å². The summed E-state index contributed by atoms with van der Waals surface area (Å²) in [5.74, 6) is 0. The highest BCUT2D eigenvalue weighted by atomic mass is 32.1. The summed E-state index contributed by atoms with van der Waals surface area (Å²) in [5.41, 5.74) is 5.30. The van der Waals surface area contributed by atoms with Crippen LogP contribution in [0.4, 0.5) is 0 Å². The summed E-state index contributed by atoms with van der Waals surface area (Å²) in [6.07, 6.45) is 0. The zero-order valence-corrected chi connectivity index (χ0v) is 15.2. The molecular formula is C21H22N2S. The van der Waals surface area contributed by atoms with Gasteiger partial charge in [-0.3, -0.25) is 0 Å². The van der Waals surface area contributed by atoms with Gasteiger partial charge in [-0.25, -0.2) is 0 Å². The number of aryl methyl sites for hydroxylation is 2. The van der Waals surface area contributed by atoms with Crippen molar-refractivity contribution in [1.29, 1.82) is 0 Å². The van der Waals surface area contributed by atoms with Crippen molar-refractivity contribution in [1.82, 2.24) is 9.88 Å². The molecule has 0 radical (unpaired) electrons. The van der Waals surface area contributed by atoms with Crippen LogP contribution in [-0.4, -0.2) is 11.6 Å². The Bertz CT molecular complexity index is 1020. The van der Waals surface area contributed by atoms with Crippen LogP contribution in [0, 0.1) is 6.92 Å². The van der Waals surface area contributed by atoms with E-state index in [4.69, 9.17) is 0 Å². The third-order valence-electron chi connectivity index (χ3n) is 4.65. The van der Waals surface area contributed by atoms with Gasteiger partial charge in [-0.2, -0.15) is 0 Å². The molecule has 1 N–H and O–H groups in total. The first-order valence-electron chi connectivity index (χ1n) is 8.47. The monoisotopic (exact) mass is 334 g/mol. The van der Waals surface area contributed by atoms with Crippen molar-refractivity contribution in [2.24, 2.45) is 0 Å². The molecule has 4 rings (SSSR count). The minimum Gasteiger partial charge on any atom is -0.341 e. The Kier molecular flexibility index (Phi) is 3.91. The van der Waals surface area contributed by atoms with Gasteiger partial charge in [0.15, 0.2) is 0 Å². The van der Waals surface area contributed by atoms with E-state index in [9.17, 15) is 0 Å². The van der Waals surface area contributed by atoms with Crippen LogP contribution in [0.5, 0.6) is 0 Å². The highest BCUT2D eigenvalue weighted by Crippen LogP contribution is 2.35. The van der Waals surface area contributed by atoms with Crippen LogP contribution >= 0.6 is 11.3 Å². The molecule has 2 aromatic carbocycles. The number of rotatable bonds is 4. The highest BCUT2D eigenvalue weighted by Gasteiger charge is 2.12. The van der Waals surface area contributed by atoms with Crippen LogP contribution in [0.1, 0.15) is 17.4 Å². The van der Waals surface area contributed by atoms with Crippen LogP contribution in [0.15, 0.2) is 48.5 Å². The SMILES string of the molecule is CCn1c2ccc(CNC)cc2c2ccc(-c3ccc(C)s3)cc21. The number of hydrogen-bond acceptors (Lipinski definition) is 2. The van der Waals surface area contributed by atoms with Crippen molar-refractivity contribution in [3.8, 4) is 10.4 Å². The average molecular weight is 334 g/mol. The maximum Gasteiger partial charge on any atom is 0.0497 e. The second-order valence-electron chi connectivity index (χ2n) is 6.27. The second kappa shape index (κ2) is 6.08. The van der Waals surface area contributed by atoms with E-state index < -0.39 is 0 Å². The Morgan fingerprint density at radius 2 is 1.83 bits per heavy atom. The lowest BCUT2D eigenvalue weighted by molar-refractivity contribution is 0.815. The van der Waals surface area contributed by atoms with Crippen molar-refractivity contribution < 1.29 is 0 Å².